The van der Waals surface area contributed by atoms with E-state index in [0.717, 1.165) is 0 Å². The first-order chi connectivity index (χ1) is 10.5. The summed E-state index contributed by atoms with van der Waals surface area (Å²) in [5.41, 5.74) is 1.60. The molecule has 1 aliphatic rings. The van der Waals surface area contributed by atoms with Crippen LogP contribution in [-0.4, -0.2) is 25.7 Å². The van der Waals surface area contributed by atoms with Crippen LogP contribution in [0.1, 0.15) is 25.5 Å². The van der Waals surface area contributed by atoms with Crippen LogP contribution in [0, 0.1) is 0 Å². The van der Waals surface area contributed by atoms with Crippen molar-refractivity contribution >= 4 is 35.2 Å². The molecule has 0 amide bonds. The summed E-state index contributed by atoms with van der Waals surface area (Å²) in [5.74, 6) is -0.451. The zero-order valence-electron chi connectivity index (χ0n) is 12.4. The summed E-state index contributed by atoms with van der Waals surface area (Å²) in [5, 5.41) is 3.67. The molecule has 0 spiro atoms. The number of allylic oxidation sites excluding steroid dienone is 1. The van der Waals surface area contributed by atoms with Gasteiger partial charge in [0, 0.05) is 11.3 Å². The fourth-order valence-electron chi connectivity index (χ4n) is 2.18. The highest BCUT2D eigenvalue weighted by Crippen LogP contribution is 2.38. The lowest BCUT2D eigenvalue weighted by molar-refractivity contribution is -0.138. The van der Waals surface area contributed by atoms with Crippen LogP contribution in [0.25, 0.3) is 0 Å². The van der Waals surface area contributed by atoms with E-state index in [0.29, 0.717) is 32.9 Å². The first-order valence-corrected chi connectivity index (χ1v) is 7.45. The van der Waals surface area contributed by atoms with Crippen molar-refractivity contribution in [2.24, 2.45) is 4.99 Å². The number of amidine groups is 1. The molecule has 1 unspecified atom stereocenters. The number of nitrogens with zero attached hydrogens (tertiary/aromatic N) is 1. The summed E-state index contributed by atoms with van der Waals surface area (Å²) in [4.78, 5) is 16.7. The fourth-order valence-corrected chi connectivity index (χ4v) is 2.59. The van der Waals surface area contributed by atoms with Crippen molar-refractivity contribution in [1.29, 1.82) is 0 Å². The molecule has 2 rings (SSSR count). The zero-order chi connectivity index (χ0) is 16.3. The number of esters is 1. The third kappa shape index (κ3) is 3.20. The third-order valence-corrected chi connectivity index (χ3v) is 4.02. The van der Waals surface area contributed by atoms with E-state index in [1.165, 1.54) is 7.11 Å². The Morgan fingerprint density at radius 2 is 2.14 bits per heavy atom. The quantitative estimate of drug-likeness (QED) is 0.854. The molecule has 118 valence electrons. The number of methoxy groups -OCH3 is 1. The highest BCUT2D eigenvalue weighted by molar-refractivity contribution is 6.42. The molecule has 0 saturated carbocycles. The number of nitrogens with one attached hydrogen (secondary N) is 1. The normalized spacial score (nSPS) is 17.7. The molecule has 0 saturated heterocycles. The average molecular weight is 343 g/mol. The number of carbonyl (C=O) groups is 1. The molecule has 22 heavy (non-hydrogen) atoms. The Morgan fingerprint density at radius 3 is 2.77 bits per heavy atom. The van der Waals surface area contributed by atoms with Gasteiger partial charge in [0.15, 0.2) is 0 Å². The maximum Gasteiger partial charge on any atom is 0.338 e. The van der Waals surface area contributed by atoms with Crippen LogP contribution in [0.15, 0.2) is 34.5 Å². The minimum Gasteiger partial charge on any atom is -0.468 e. The van der Waals surface area contributed by atoms with Crippen LogP contribution in [-0.2, 0) is 14.3 Å². The molecule has 1 aromatic carbocycles. The molecule has 0 aromatic heterocycles. The number of hydrogen-bond acceptors (Lipinski definition) is 5. The van der Waals surface area contributed by atoms with E-state index in [-0.39, 0.29) is 6.61 Å². The Morgan fingerprint density at radius 1 is 1.41 bits per heavy atom. The van der Waals surface area contributed by atoms with E-state index < -0.39 is 12.0 Å². The number of rotatable bonds is 3. The van der Waals surface area contributed by atoms with Crippen molar-refractivity contribution in [3.63, 3.8) is 0 Å². The van der Waals surface area contributed by atoms with Crippen LogP contribution in [0.4, 0.5) is 0 Å². The summed E-state index contributed by atoms with van der Waals surface area (Å²) in [7, 11) is 1.49. The van der Waals surface area contributed by atoms with Gasteiger partial charge < -0.3 is 14.8 Å². The van der Waals surface area contributed by atoms with Gasteiger partial charge in [0.2, 0.25) is 0 Å². The monoisotopic (exact) mass is 342 g/mol. The number of benzene rings is 1. The summed E-state index contributed by atoms with van der Waals surface area (Å²) in [6.07, 6.45) is 0. The van der Waals surface area contributed by atoms with Crippen molar-refractivity contribution in [3.05, 3.63) is 45.1 Å². The maximum absolute atomic E-state index is 12.3. The van der Waals surface area contributed by atoms with E-state index in [4.69, 9.17) is 32.7 Å². The van der Waals surface area contributed by atoms with E-state index >= 15 is 0 Å². The minimum atomic E-state index is -0.638. The van der Waals surface area contributed by atoms with Gasteiger partial charge in [0.1, 0.15) is 6.04 Å². The Hall–Kier alpha value is -1.72. The van der Waals surface area contributed by atoms with Crippen LogP contribution < -0.4 is 5.32 Å². The van der Waals surface area contributed by atoms with E-state index in [9.17, 15) is 4.79 Å². The standard InChI is InChI=1S/C15H16Cl2N2O3/c1-4-22-14(20)11-8(2)18-15(21-3)19-13(11)9-6-5-7-10(16)12(9)17/h5-7,13H,4H2,1-3H3,(H,18,19). The molecule has 7 heteroatoms. The van der Waals surface area contributed by atoms with Crippen molar-refractivity contribution in [2.75, 3.05) is 13.7 Å². The molecule has 1 aliphatic heterocycles. The Bertz CT molecular complexity index is 656. The Kier molecular flexibility index (Phi) is 5.32. The van der Waals surface area contributed by atoms with Crippen LogP contribution >= 0.6 is 23.2 Å². The molecule has 0 aliphatic carbocycles. The van der Waals surface area contributed by atoms with Crippen LogP contribution in [0.3, 0.4) is 0 Å². The third-order valence-electron chi connectivity index (χ3n) is 3.18. The molecule has 1 atom stereocenters. The molecule has 0 bridgehead atoms. The number of ether oxygens (including phenoxy) is 2. The lowest BCUT2D eigenvalue weighted by Gasteiger charge is -2.25. The Balaban J connectivity index is 2.55. The van der Waals surface area contributed by atoms with Gasteiger partial charge >= 0.3 is 5.97 Å². The average Bonchev–Trinajstić information content (AvgIpc) is 2.49. The van der Waals surface area contributed by atoms with E-state index in [2.05, 4.69) is 10.3 Å². The second-order valence-electron chi connectivity index (χ2n) is 4.57. The smallest absolute Gasteiger partial charge is 0.338 e. The van der Waals surface area contributed by atoms with Gasteiger partial charge in [-0.2, -0.15) is 0 Å². The maximum atomic E-state index is 12.3. The highest BCUT2D eigenvalue weighted by atomic mass is 35.5. The molecule has 0 radical (unpaired) electrons. The second kappa shape index (κ2) is 7.03. The minimum absolute atomic E-state index is 0.270. The first kappa shape index (κ1) is 16.6. The molecular formula is C15H16Cl2N2O3. The number of carbonyl (C=O) groups excluding carboxylic acids is 1. The van der Waals surface area contributed by atoms with Gasteiger partial charge in [-0.05, 0) is 19.9 Å². The predicted molar refractivity (Wildman–Crippen MR) is 86.1 cm³/mol. The summed E-state index contributed by atoms with van der Waals surface area (Å²) < 4.78 is 10.3. The largest absolute Gasteiger partial charge is 0.468 e. The molecule has 5 nitrogen and oxygen atoms in total. The van der Waals surface area contributed by atoms with Gasteiger partial charge in [-0.3, -0.25) is 0 Å². The second-order valence-corrected chi connectivity index (χ2v) is 5.35. The first-order valence-electron chi connectivity index (χ1n) is 6.70. The molecule has 0 fully saturated rings. The molecule has 1 aromatic rings. The number of halogens is 2. The van der Waals surface area contributed by atoms with E-state index in [1.807, 2.05) is 0 Å². The zero-order valence-corrected chi connectivity index (χ0v) is 14.0. The number of hydrogen-bond donors (Lipinski definition) is 1. The molecule has 1 N–H and O–H groups in total. The fraction of sp³-hybridized carbons (Fsp3) is 0.333. The topological polar surface area (TPSA) is 59.9 Å². The van der Waals surface area contributed by atoms with Gasteiger partial charge in [0.05, 0.1) is 29.3 Å². The lowest BCUT2D eigenvalue weighted by Crippen LogP contribution is -2.33. The van der Waals surface area contributed by atoms with Gasteiger partial charge in [0.25, 0.3) is 6.02 Å². The van der Waals surface area contributed by atoms with Gasteiger partial charge in [-0.25, -0.2) is 9.79 Å². The Labute approximate surface area is 138 Å². The van der Waals surface area contributed by atoms with E-state index in [1.54, 1.807) is 32.0 Å². The number of aliphatic imine (C=N–C) groups is 1. The lowest BCUT2D eigenvalue weighted by atomic mass is 9.96. The van der Waals surface area contributed by atoms with Gasteiger partial charge in [-0.1, -0.05) is 35.3 Å². The van der Waals surface area contributed by atoms with Crippen molar-refractivity contribution in [3.8, 4) is 0 Å². The predicted octanol–water partition coefficient (Wildman–Crippen LogP) is 3.48. The summed E-state index contributed by atoms with van der Waals surface area (Å²) in [6.45, 7) is 3.77. The molecule has 1 heterocycles. The summed E-state index contributed by atoms with van der Waals surface area (Å²) in [6, 6.07) is 4.86. The van der Waals surface area contributed by atoms with Crippen LogP contribution in [0.5, 0.6) is 0 Å². The summed E-state index contributed by atoms with van der Waals surface area (Å²) >= 11 is 12.3. The SMILES string of the molecule is CCOC(=O)C1=C(C)NC(OC)=NC1c1cccc(Cl)c1Cl. The van der Waals surface area contributed by atoms with Crippen molar-refractivity contribution in [1.82, 2.24) is 5.32 Å². The highest BCUT2D eigenvalue weighted by Gasteiger charge is 2.32. The van der Waals surface area contributed by atoms with Crippen molar-refractivity contribution < 1.29 is 14.3 Å². The van der Waals surface area contributed by atoms with Gasteiger partial charge in [-0.15, -0.1) is 0 Å². The molecular weight excluding hydrogens is 327 g/mol. The van der Waals surface area contributed by atoms with Crippen molar-refractivity contribution in [2.45, 2.75) is 19.9 Å². The van der Waals surface area contributed by atoms with Crippen LogP contribution in [0.2, 0.25) is 10.0 Å².